The summed E-state index contributed by atoms with van der Waals surface area (Å²) in [6.45, 7) is 3.45. The zero-order chi connectivity index (χ0) is 14.0. The molecule has 1 aliphatic rings. The smallest absolute Gasteiger partial charge is 0.327 e. The Labute approximate surface area is 111 Å². The lowest BCUT2D eigenvalue weighted by Crippen LogP contribution is -2.55. The molecule has 0 bridgehead atoms. The number of piperazine rings is 1. The van der Waals surface area contributed by atoms with E-state index in [4.69, 9.17) is 5.73 Å². The summed E-state index contributed by atoms with van der Waals surface area (Å²) in [5.41, 5.74) is 7.28. The van der Waals surface area contributed by atoms with Gasteiger partial charge >= 0.3 is 5.97 Å². The fraction of sp³-hybridized carbons (Fsp3) is 0.385. The minimum Gasteiger partial charge on any atom is -0.480 e. The number of hydrogen-bond donors (Lipinski definition) is 3. The maximum atomic E-state index is 11.5. The van der Waals surface area contributed by atoms with Crippen molar-refractivity contribution < 1.29 is 14.7 Å². The van der Waals surface area contributed by atoms with E-state index in [1.165, 1.54) is 0 Å². The number of nitrogens with zero attached hydrogens (tertiary/aromatic N) is 1. The Morgan fingerprint density at radius 2 is 2.21 bits per heavy atom. The van der Waals surface area contributed by atoms with Gasteiger partial charge in [0.25, 0.3) is 5.91 Å². The van der Waals surface area contributed by atoms with E-state index in [1.54, 1.807) is 23.1 Å². The summed E-state index contributed by atoms with van der Waals surface area (Å²) in [5, 5.41) is 12.3. The SMILES string of the molecule is Cc1ccc(C(N)=O)c(N2CCNCC2C(=O)O)c1. The van der Waals surface area contributed by atoms with Crippen molar-refractivity contribution in [3.8, 4) is 0 Å². The number of carbonyl (C=O) groups is 2. The molecule has 1 aromatic carbocycles. The Morgan fingerprint density at radius 3 is 2.84 bits per heavy atom. The zero-order valence-corrected chi connectivity index (χ0v) is 10.7. The third-order valence-corrected chi connectivity index (χ3v) is 3.26. The largest absolute Gasteiger partial charge is 0.480 e. The van der Waals surface area contributed by atoms with Crippen LogP contribution >= 0.6 is 0 Å². The number of carboxylic acid groups (broad SMARTS) is 1. The molecule has 2 rings (SSSR count). The third kappa shape index (κ3) is 2.68. The average Bonchev–Trinajstić information content (AvgIpc) is 2.38. The molecule has 1 unspecified atom stereocenters. The molecule has 0 aromatic heterocycles. The Balaban J connectivity index is 2.46. The van der Waals surface area contributed by atoms with Gasteiger partial charge in [-0.3, -0.25) is 4.79 Å². The minimum atomic E-state index is -0.913. The van der Waals surface area contributed by atoms with Gasteiger partial charge in [-0.05, 0) is 24.6 Å². The van der Waals surface area contributed by atoms with Gasteiger partial charge < -0.3 is 21.1 Å². The molecule has 0 saturated carbocycles. The number of primary amides is 1. The van der Waals surface area contributed by atoms with Gasteiger partial charge in [-0.15, -0.1) is 0 Å². The normalized spacial score (nSPS) is 19.2. The molecule has 0 spiro atoms. The number of rotatable bonds is 3. The summed E-state index contributed by atoms with van der Waals surface area (Å²) >= 11 is 0. The molecule has 102 valence electrons. The lowest BCUT2D eigenvalue weighted by atomic mass is 10.0. The maximum absolute atomic E-state index is 11.5. The molecule has 1 aliphatic heterocycles. The fourth-order valence-electron chi connectivity index (χ4n) is 2.30. The molecule has 4 N–H and O–H groups in total. The molecule has 1 saturated heterocycles. The van der Waals surface area contributed by atoms with Crippen molar-refractivity contribution in [2.75, 3.05) is 24.5 Å². The topological polar surface area (TPSA) is 95.7 Å². The number of nitrogens with one attached hydrogen (secondary N) is 1. The summed E-state index contributed by atoms with van der Waals surface area (Å²) in [4.78, 5) is 24.5. The first kappa shape index (κ1) is 13.4. The number of amides is 1. The van der Waals surface area contributed by atoms with Gasteiger partial charge in [0.05, 0.1) is 11.3 Å². The third-order valence-electron chi connectivity index (χ3n) is 3.26. The van der Waals surface area contributed by atoms with Gasteiger partial charge in [0.1, 0.15) is 6.04 Å². The Morgan fingerprint density at radius 1 is 1.47 bits per heavy atom. The van der Waals surface area contributed by atoms with Gasteiger partial charge in [0.2, 0.25) is 0 Å². The summed E-state index contributed by atoms with van der Waals surface area (Å²) in [5.74, 6) is -1.46. The number of aliphatic carboxylic acids is 1. The van der Waals surface area contributed by atoms with E-state index in [0.29, 0.717) is 30.9 Å². The van der Waals surface area contributed by atoms with Gasteiger partial charge in [0.15, 0.2) is 0 Å². The van der Waals surface area contributed by atoms with Crippen molar-refractivity contribution in [1.82, 2.24) is 5.32 Å². The van der Waals surface area contributed by atoms with Crippen molar-refractivity contribution >= 4 is 17.6 Å². The predicted octanol–water partition coefficient (Wildman–Crippen LogP) is -0.0433. The molecule has 1 aromatic rings. The first-order valence-corrected chi connectivity index (χ1v) is 6.11. The van der Waals surface area contributed by atoms with Crippen LogP contribution in [0.4, 0.5) is 5.69 Å². The highest BCUT2D eigenvalue weighted by molar-refractivity contribution is 5.99. The second-order valence-corrected chi connectivity index (χ2v) is 4.64. The van der Waals surface area contributed by atoms with E-state index in [2.05, 4.69) is 5.32 Å². The predicted molar refractivity (Wildman–Crippen MR) is 71.3 cm³/mol. The number of carboxylic acids is 1. The van der Waals surface area contributed by atoms with Gasteiger partial charge in [-0.2, -0.15) is 0 Å². The first-order valence-electron chi connectivity index (χ1n) is 6.11. The Kier molecular flexibility index (Phi) is 3.71. The molecular weight excluding hydrogens is 246 g/mol. The highest BCUT2D eigenvalue weighted by Gasteiger charge is 2.30. The van der Waals surface area contributed by atoms with E-state index >= 15 is 0 Å². The quantitative estimate of drug-likeness (QED) is 0.711. The van der Waals surface area contributed by atoms with Crippen LogP contribution in [0.15, 0.2) is 18.2 Å². The van der Waals surface area contributed by atoms with Crippen LogP contribution in [0, 0.1) is 6.92 Å². The molecule has 6 nitrogen and oxygen atoms in total. The monoisotopic (exact) mass is 263 g/mol. The average molecular weight is 263 g/mol. The van der Waals surface area contributed by atoms with E-state index in [9.17, 15) is 14.7 Å². The summed E-state index contributed by atoms with van der Waals surface area (Å²) in [6.07, 6.45) is 0. The molecule has 19 heavy (non-hydrogen) atoms. The van der Waals surface area contributed by atoms with Crippen molar-refractivity contribution in [1.29, 1.82) is 0 Å². The lowest BCUT2D eigenvalue weighted by molar-refractivity contribution is -0.138. The molecule has 0 aliphatic carbocycles. The molecule has 1 heterocycles. The molecule has 0 radical (unpaired) electrons. The Hall–Kier alpha value is -2.08. The summed E-state index contributed by atoms with van der Waals surface area (Å²) in [6, 6.07) is 4.56. The van der Waals surface area contributed by atoms with E-state index < -0.39 is 17.9 Å². The van der Waals surface area contributed by atoms with Crippen molar-refractivity contribution in [2.24, 2.45) is 5.73 Å². The fourth-order valence-corrected chi connectivity index (χ4v) is 2.30. The molecule has 1 atom stereocenters. The van der Waals surface area contributed by atoms with Gasteiger partial charge in [-0.25, -0.2) is 4.79 Å². The van der Waals surface area contributed by atoms with Crippen molar-refractivity contribution in [3.05, 3.63) is 29.3 Å². The summed E-state index contributed by atoms with van der Waals surface area (Å²) in [7, 11) is 0. The van der Waals surface area contributed by atoms with Crippen LogP contribution in [0.2, 0.25) is 0 Å². The lowest BCUT2D eigenvalue weighted by Gasteiger charge is -2.36. The van der Waals surface area contributed by atoms with E-state index in [-0.39, 0.29) is 0 Å². The number of anilines is 1. The zero-order valence-electron chi connectivity index (χ0n) is 10.7. The highest BCUT2D eigenvalue weighted by atomic mass is 16.4. The molecular formula is C13H17N3O3. The number of carbonyl (C=O) groups excluding carboxylic acids is 1. The van der Waals surface area contributed by atoms with Crippen molar-refractivity contribution in [2.45, 2.75) is 13.0 Å². The Bertz CT molecular complexity index is 516. The second-order valence-electron chi connectivity index (χ2n) is 4.64. The van der Waals surface area contributed by atoms with Crippen LogP contribution in [-0.2, 0) is 4.79 Å². The molecule has 6 heteroatoms. The molecule has 1 amide bonds. The van der Waals surface area contributed by atoms with E-state index in [0.717, 1.165) is 5.56 Å². The number of benzene rings is 1. The van der Waals surface area contributed by atoms with Crippen LogP contribution in [0.1, 0.15) is 15.9 Å². The molecule has 1 fully saturated rings. The van der Waals surface area contributed by atoms with Gasteiger partial charge in [0, 0.05) is 19.6 Å². The van der Waals surface area contributed by atoms with Crippen LogP contribution in [0.5, 0.6) is 0 Å². The minimum absolute atomic E-state index is 0.349. The maximum Gasteiger partial charge on any atom is 0.327 e. The van der Waals surface area contributed by atoms with Gasteiger partial charge in [-0.1, -0.05) is 6.07 Å². The van der Waals surface area contributed by atoms with E-state index in [1.807, 2.05) is 6.92 Å². The first-order chi connectivity index (χ1) is 9.00. The standard InChI is InChI=1S/C13H17N3O3/c1-8-2-3-9(12(14)17)10(6-8)16-5-4-15-7-11(16)13(18)19/h2-3,6,11,15H,4-5,7H2,1H3,(H2,14,17)(H,18,19). The number of hydrogen-bond acceptors (Lipinski definition) is 4. The van der Waals surface area contributed by atoms with Crippen LogP contribution in [0.3, 0.4) is 0 Å². The van der Waals surface area contributed by atoms with Crippen LogP contribution < -0.4 is 16.0 Å². The van der Waals surface area contributed by atoms with Crippen LogP contribution in [0.25, 0.3) is 0 Å². The number of aryl methyl sites for hydroxylation is 1. The van der Waals surface area contributed by atoms with Crippen molar-refractivity contribution in [3.63, 3.8) is 0 Å². The number of nitrogens with two attached hydrogens (primary N) is 1. The second kappa shape index (κ2) is 5.27. The summed E-state index contributed by atoms with van der Waals surface area (Å²) < 4.78 is 0. The van der Waals surface area contributed by atoms with Crippen LogP contribution in [-0.4, -0.2) is 42.7 Å². The highest BCUT2D eigenvalue weighted by Crippen LogP contribution is 2.25.